The first-order chi connectivity index (χ1) is 6.68. The van der Waals surface area contributed by atoms with Crippen molar-refractivity contribution in [1.82, 2.24) is 0 Å². The monoisotopic (exact) mass is 194 g/mol. The minimum Gasteiger partial charge on any atom is -0.397 e. The summed E-state index contributed by atoms with van der Waals surface area (Å²) in [5.41, 5.74) is 6.61. The lowest BCUT2D eigenvalue weighted by molar-refractivity contribution is -0.117. The van der Waals surface area contributed by atoms with Crippen molar-refractivity contribution in [3.8, 4) is 0 Å². The summed E-state index contributed by atoms with van der Waals surface area (Å²) in [6.07, 6.45) is 1.34. The fourth-order valence-corrected chi connectivity index (χ4v) is 1.65. The molecule has 3 nitrogen and oxygen atoms in total. The molecule has 1 amide bonds. The molecule has 1 aromatic rings. The zero-order chi connectivity index (χ0) is 10.1. The van der Waals surface area contributed by atoms with Crippen molar-refractivity contribution in [2.75, 3.05) is 17.2 Å². The lowest BCUT2D eigenvalue weighted by atomic mass is 10.2. The molecule has 0 unspecified atom stereocenters. The number of carbonyl (C=O) groups is 1. The minimum absolute atomic E-state index is 0.0160. The second-order valence-corrected chi connectivity index (χ2v) is 3.35. The van der Waals surface area contributed by atoms with E-state index in [9.17, 15) is 9.18 Å². The molecule has 0 saturated carbocycles. The van der Waals surface area contributed by atoms with Crippen LogP contribution in [-0.2, 0) is 4.79 Å². The molecular weight excluding hydrogens is 183 g/mol. The van der Waals surface area contributed by atoms with Gasteiger partial charge in [-0.3, -0.25) is 4.79 Å². The Morgan fingerprint density at radius 2 is 2.21 bits per heavy atom. The van der Waals surface area contributed by atoms with Crippen molar-refractivity contribution in [3.05, 3.63) is 24.0 Å². The number of nitrogens with zero attached hydrogens (tertiary/aromatic N) is 1. The molecule has 1 aromatic carbocycles. The van der Waals surface area contributed by atoms with Crippen LogP contribution in [-0.4, -0.2) is 12.5 Å². The number of nitrogen functional groups attached to an aromatic ring is 1. The van der Waals surface area contributed by atoms with E-state index in [-0.39, 0.29) is 11.7 Å². The molecule has 0 spiro atoms. The second-order valence-electron chi connectivity index (χ2n) is 3.35. The minimum atomic E-state index is -0.367. The molecule has 0 atom stereocenters. The van der Waals surface area contributed by atoms with Gasteiger partial charge in [-0.1, -0.05) is 0 Å². The summed E-state index contributed by atoms with van der Waals surface area (Å²) in [5, 5.41) is 0. The molecule has 0 aromatic heterocycles. The normalized spacial score (nSPS) is 16.4. The van der Waals surface area contributed by atoms with Gasteiger partial charge in [0.15, 0.2) is 0 Å². The van der Waals surface area contributed by atoms with E-state index in [1.807, 2.05) is 0 Å². The van der Waals surface area contributed by atoms with E-state index < -0.39 is 0 Å². The molecule has 2 N–H and O–H groups in total. The summed E-state index contributed by atoms with van der Waals surface area (Å²) in [5.74, 6) is -0.351. The van der Waals surface area contributed by atoms with Crippen LogP contribution in [0.25, 0.3) is 0 Å². The van der Waals surface area contributed by atoms with E-state index >= 15 is 0 Å². The number of halogens is 1. The van der Waals surface area contributed by atoms with E-state index in [4.69, 9.17) is 5.73 Å². The Balaban J connectivity index is 2.39. The van der Waals surface area contributed by atoms with Crippen LogP contribution in [0.4, 0.5) is 15.8 Å². The van der Waals surface area contributed by atoms with Gasteiger partial charge in [-0.15, -0.1) is 0 Å². The largest absolute Gasteiger partial charge is 0.397 e. The maximum atomic E-state index is 12.9. The lowest BCUT2D eigenvalue weighted by Crippen LogP contribution is -2.24. The number of carbonyl (C=O) groups excluding carboxylic acids is 1. The fraction of sp³-hybridized carbons (Fsp3) is 0.300. The summed E-state index contributed by atoms with van der Waals surface area (Å²) in [4.78, 5) is 12.9. The summed E-state index contributed by atoms with van der Waals surface area (Å²) in [6.45, 7) is 0.631. The lowest BCUT2D eigenvalue weighted by Gasteiger charge is -2.17. The quantitative estimate of drug-likeness (QED) is 0.689. The number of anilines is 2. The van der Waals surface area contributed by atoms with Gasteiger partial charge >= 0.3 is 0 Å². The SMILES string of the molecule is Nc1ccc(F)cc1N1CCCC1=O. The highest BCUT2D eigenvalue weighted by atomic mass is 19.1. The van der Waals surface area contributed by atoms with Gasteiger partial charge in [-0.05, 0) is 24.6 Å². The van der Waals surface area contributed by atoms with E-state index in [2.05, 4.69) is 0 Å². The second kappa shape index (κ2) is 3.29. The highest BCUT2D eigenvalue weighted by Crippen LogP contribution is 2.27. The molecule has 1 aliphatic heterocycles. The summed E-state index contributed by atoms with van der Waals surface area (Å²) < 4.78 is 12.9. The summed E-state index contributed by atoms with van der Waals surface area (Å²) in [6, 6.07) is 4.08. The zero-order valence-electron chi connectivity index (χ0n) is 7.66. The number of amides is 1. The van der Waals surface area contributed by atoms with E-state index in [0.717, 1.165) is 6.42 Å². The Kier molecular flexibility index (Phi) is 2.11. The van der Waals surface area contributed by atoms with Gasteiger partial charge in [0.1, 0.15) is 5.82 Å². The van der Waals surface area contributed by atoms with Crippen LogP contribution in [0.1, 0.15) is 12.8 Å². The maximum absolute atomic E-state index is 12.9. The molecule has 1 heterocycles. The first kappa shape index (κ1) is 8.99. The smallest absolute Gasteiger partial charge is 0.227 e. The predicted molar refractivity (Wildman–Crippen MR) is 52.4 cm³/mol. The molecule has 74 valence electrons. The van der Waals surface area contributed by atoms with Gasteiger partial charge in [0.25, 0.3) is 0 Å². The first-order valence-electron chi connectivity index (χ1n) is 4.54. The third-order valence-electron chi connectivity index (χ3n) is 2.36. The number of hydrogen-bond donors (Lipinski definition) is 1. The number of benzene rings is 1. The Morgan fingerprint density at radius 1 is 1.43 bits per heavy atom. The zero-order valence-corrected chi connectivity index (χ0v) is 7.66. The molecule has 2 rings (SSSR count). The van der Waals surface area contributed by atoms with Crippen LogP contribution < -0.4 is 10.6 Å². The van der Waals surface area contributed by atoms with Crippen LogP contribution in [0, 0.1) is 5.82 Å². The highest BCUT2D eigenvalue weighted by Gasteiger charge is 2.23. The Morgan fingerprint density at radius 3 is 2.86 bits per heavy atom. The molecule has 4 heteroatoms. The van der Waals surface area contributed by atoms with Crippen LogP contribution in [0.15, 0.2) is 18.2 Å². The molecule has 0 aliphatic carbocycles. The maximum Gasteiger partial charge on any atom is 0.227 e. The Hall–Kier alpha value is -1.58. The molecule has 0 radical (unpaired) electrons. The van der Waals surface area contributed by atoms with Gasteiger partial charge in [-0.2, -0.15) is 0 Å². The molecule has 0 bridgehead atoms. The van der Waals surface area contributed by atoms with Crippen LogP contribution in [0.5, 0.6) is 0 Å². The number of hydrogen-bond acceptors (Lipinski definition) is 2. The highest BCUT2D eigenvalue weighted by molar-refractivity contribution is 5.98. The van der Waals surface area contributed by atoms with E-state index in [1.165, 1.54) is 18.2 Å². The van der Waals surface area contributed by atoms with Crippen LogP contribution >= 0.6 is 0 Å². The summed E-state index contributed by atoms with van der Waals surface area (Å²) in [7, 11) is 0. The van der Waals surface area contributed by atoms with Crippen molar-refractivity contribution in [2.24, 2.45) is 0 Å². The van der Waals surface area contributed by atoms with Gasteiger partial charge in [-0.25, -0.2) is 4.39 Å². The third-order valence-corrected chi connectivity index (χ3v) is 2.36. The molecule has 1 fully saturated rings. The Labute approximate surface area is 81.3 Å². The van der Waals surface area contributed by atoms with Crippen molar-refractivity contribution in [1.29, 1.82) is 0 Å². The predicted octanol–water partition coefficient (Wildman–Crippen LogP) is 1.53. The first-order valence-corrected chi connectivity index (χ1v) is 4.54. The van der Waals surface area contributed by atoms with Crippen LogP contribution in [0.3, 0.4) is 0 Å². The standard InChI is InChI=1S/C10H11FN2O/c11-7-3-4-8(12)9(6-7)13-5-1-2-10(13)14/h3-4,6H,1-2,5,12H2. The van der Waals surface area contributed by atoms with Gasteiger partial charge in [0, 0.05) is 13.0 Å². The molecular formula is C10H11FN2O. The Bertz CT molecular complexity index is 378. The van der Waals surface area contributed by atoms with Crippen molar-refractivity contribution in [2.45, 2.75) is 12.8 Å². The van der Waals surface area contributed by atoms with Crippen molar-refractivity contribution in [3.63, 3.8) is 0 Å². The third kappa shape index (κ3) is 1.43. The van der Waals surface area contributed by atoms with Crippen molar-refractivity contribution >= 4 is 17.3 Å². The average molecular weight is 194 g/mol. The average Bonchev–Trinajstić information content (AvgIpc) is 2.56. The van der Waals surface area contributed by atoms with Gasteiger partial charge < -0.3 is 10.6 Å². The van der Waals surface area contributed by atoms with Crippen molar-refractivity contribution < 1.29 is 9.18 Å². The molecule has 14 heavy (non-hydrogen) atoms. The molecule has 1 saturated heterocycles. The topological polar surface area (TPSA) is 46.3 Å². The van der Waals surface area contributed by atoms with E-state index in [0.29, 0.717) is 24.3 Å². The molecule has 1 aliphatic rings. The number of rotatable bonds is 1. The van der Waals surface area contributed by atoms with Crippen LogP contribution in [0.2, 0.25) is 0 Å². The summed E-state index contributed by atoms with van der Waals surface area (Å²) >= 11 is 0. The van der Waals surface area contributed by atoms with Gasteiger partial charge in [0.2, 0.25) is 5.91 Å². The fourth-order valence-electron chi connectivity index (χ4n) is 1.65. The number of nitrogens with two attached hydrogens (primary N) is 1. The van der Waals surface area contributed by atoms with E-state index in [1.54, 1.807) is 4.90 Å². The van der Waals surface area contributed by atoms with Gasteiger partial charge in [0.05, 0.1) is 11.4 Å².